The zero-order chi connectivity index (χ0) is 20.6. The van der Waals surface area contributed by atoms with Crippen molar-refractivity contribution in [1.82, 2.24) is 9.78 Å². The van der Waals surface area contributed by atoms with Crippen molar-refractivity contribution in [1.29, 1.82) is 0 Å². The fourth-order valence-electron chi connectivity index (χ4n) is 3.42. The van der Waals surface area contributed by atoms with Crippen molar-refractivity contribution in [3.63, 3.8) is 0 Å². The number of anilines is 1. The third kappa shape index (κ3) is 4.02. The van der Waals surface area contributed by atoms with Crippen molar-refractivity contribution in [2.45, 2.75) is 25.4 Å². The summed E-state index contributed by atoms with van der Waals surface area (Å²) in [6.07, 6.45) is 0. The second-order valence-corrected chi connectivity index (χ2v) is 9.22. The number of aryl methyl sites for hydroxylation is 2. The molecule has 3 aromatic rings. The lowest BCUT2D eigenvalue weighted by Crippen LogP contribution is -2.23. The molecule has 1 aliphatic heterocycles. The van der Waals surface area contributed by atoms with E-state index in [1.165, 1.54) is 0 Å². The summed E-state index contributed by atoms with van der Waals surface area (Å²) in [5.41, 5.74) is 3.89. The molecule has 0 atom stereocenters. The van der Waals surface area contributed by atoms with Gasteiger partial charge in [-0.15, -0.1) is 0 Å². The minimum atomic E-state index is -3.25. The highest BCUT2D eigenvalue weighted by Gasteiger charge is 2.33. The van der Waals surface area contributed by atoms with E-state index in [-0.39, 0.29) is 24.0 Å². The van der Waals surface area contributed by atoms with Crippen LogP contribution in [-0.2, 0) is 26.1 Å². The van der Waals surface area contributed by atoms with Crippen LogP contribution in [0.25, 0.3) is 5.69 Å². The highest BCUT2D eigenvalue weighted by atomic mass is 32.2. The number of hydrogen-bond donors (Lipinski definition) is 1. The molecule has 1 amide bonds. The molecule has 0 saturated heterocycles. The maximum absolute atomic E-state index is 12.5. The summed E-state index contributed by atoms with van der Waals surface area (Å²) in [7, 11) is -3.25. The molecule has 2 heterocycles. The van der Waals surface area contributed by atoms with Crippen molar-refractivity contribution in [2.75, 3.05) is 11.9 Å². The molecule has 150 valence electrons. The van der Waals surface area contributed by atoms with Crippen molar-refractivity contribution in [3.05, 3.63) is 70.9 Å². The van der Waals surface area contributed by atoms with Crippen LogP contribution in [0.1, 0.15) is 22.4 Å². The zero-order valence-electron chi connectivity index (χ0n) is 16.2. The lowest BCUT2D eigenvalue weighted by molar-refractivity contribution is -0.118. The fraction of sp³-hybridized carbons (Fsp3) is 0.238. The lowest BCUT2D eigenvalue weighted by atomic mass is 10.1. The maximum atomic E-state index is 12.5. The van der Waals surface area contributed by atoms with Crippen LogP contribution in [0.3, 0.4) is 0 Å². The van der Waals surface area contributed by atoms with E-state index in [9.17, 15) is 13.2 Å². The molecule has 0 saturated carbocycles. The maximum Gasteiger partial charge on any atom is 0.263 e. The summed E-state index contributed by atoms with van der Waals surface area (Å²) < 4.78 is 31.3. The van der Waals surface area contributed by atoms with Crippen LogP contribution < -0.4 is 10.1 Å². The molecule has 1 aliphatic rings. The molecule has 1 aromatic heterocycles. The summed E-state index contributed by atoms with van der Waals surface area (Å²) in [5, 5.41) is 7.31. The van der Waals surface area contributed by atoms with Crippen molar-refractivity contribution in [2.24, 2.45) is 0 Å². The smallest absolute Gasteiger partial charge is 0.263 e. The lowest BCUT2D eigenvalue weighted by Gasteiger charge is -2.14. The highest BCUT2D eigenvalue weighted by Crippen LogP contribution is 2.33. The number of sulfone groups is 1. The highest BCUT2D eigenvalue weighted by molar-refractivity contribution is 7.90. The van der Waals surface area contributed by atoms with Gasteiger partial charge in [-0.05, 0) is 37.6 Å². The van der Waals surface area contributed by atoms with E-state index in [0.29, 0.717) is 22.8 Å². The number of nitrogens with one attached hydrogen (secondary N) is 1. The zero-order valence-corrected chi connectivity index (χ0v) is 17.0. The van der Waals surface area contributed by atoms with Crippen LogP contribution >= 0.6 is 0 Å². The van der Waals surface area contributed by atoms with E-state index in [0.717, 1.165) is 16.8 Å². The van der Waals surface area contributed by atoms with E-state index in [1.54, 1.807) is 16.8 Å². The Bertz CT molecular complexity index is 1180. The third-order valence-corrected chi connectivity index (χ3v) is 6.18. The Kier molecular flexibility index (Phi) is 4.87. The summed E-state index contributed by atoms with van der Waals surface area (Å²) in [6, 6.07) is 14.9. The summed E-state index contributed by atoms with van der Waals surface area (Å²) >= 11 is 0. The van der Waals surface area contributed by atoms with Gasteiger partial charge in [-0.2, -0.15) is 5.10 Å². The number of aromatic nitrogens is 2. The first kappa shape index (κ1) is 19.2. The van der Waals surface area contributed by atoms with Crippen LogP contribution in [0.5, 0.6) is 5.75 Å². The topological polar surface area (TPSA) is 90.3 Å². The Morgan fingerprint density at radius 3 is 2.62 bits per heavy atom. The SMILES string of the molecule is Cc1ccc(-n2nc3c(c2NC(=O)COc2ccccc2)CS(=O)(=O)C3)c(C)c1. The number of ether oxygens (including phenoxy) is 1. The van der Waals surface area contributed by atoms with Gasteiger partial charge in [-0.25, -0.2) is 13.1 Å². The second-order valence-electron chi connectivity index (χ2n) is 7.16. The van der Waals surface area contributed by atoms with Gasteiger partial charge in [0.25, 0.3) is 5.91 Å². The summed E-state index contributed by atoms with van der Waals surface area (Å²) in [5.74, 6) is 0.325. The molecule has 0 bridgehead atoms. The monoisotopic (exact) mass is 411 g/mol. The standard InChI is InChI=1S/C21H21N3O4S/c1-14-8-9-19(15(2)10-14)24-21(17-12-29(26,27)13-18(17)23-24)22-20(25)11-28-16-6-4-3-5-7-16/h3-10H,11-13H2,1-2H3,(H,22,25). The van der Waals surface area contributed by atoms with E-state index >= 15 is 0 Å². The first-order valence-electron chi connectivity index (χ1n) is 9.19. The van der Waals surface area contributed by atoms with Gasteiger partial charge in [0.1, 0.15) is 11.6 Å². The van der Waals surface area contributed by atoms with Gasteiger partial charge in [0, 0.05) is 5.56 Å². The van der Waals surface area contributed by atoms with Gasteiger partial charge in [0.15, 0.2) is 16.4 Å². The molecule has 7 nitrogen and oxygen atoms in total. The van der Waals surface area contributed by atoms with Crippen LogP contribution in [0.15, 0.2) is 48.5 Å². The molecule has 29 heavy (non-hydrogen) atoms. The van der Waals surface area contributed by atoms with Crippen LogP contribution in [0.4, 0.5) is 5.82 Å². The largest absolute Gasteiger partial charge is 0.484 e. The van der Waals surface area contributed by atoms with E-state index < -0.39 is 9.84 Å². The van der Waals surface area contributed by atoms with Gasteiger partial charge < -0.3 is 10.1 Å². The van der Waals surface area contributed by atoms with Crippen molar-refractivity contribution in [3.8, 4) is 11.4 Å². The van der Waals surface area contributed by atoms with E-state index in [4.69, 9.17) is 4.74 Å². The Morgan fingerprint density at radius 2 is 1.90 bits per heavy atom. The molecule has 1 N–H and O–H groups in total. The Hall–Kier alpha value is -3.13. The first-order chi connectivity index (χ1) is 13.8. The number of carbonyl (C=O) groups excluding carboxylic acids is 1. The van der Waals surface area contributed by atoms with E-state index in [2.05, 4.69) is 10.4 Å². The van der Waals surface area contributed by atoms with Crippen LogP contribution in [0.2, 0.25) is 0 Å². The molecule has 0 fully saturated rings. The van der Waals surface area contributed by atoms with Crippen molar-refractivity contribution < 1.29 is 17.9 Å². The number of fused-ring (bicyclic) bond motifs is 1. The van der Waals surface area contributed by atoms with Crippen LogP contribution in [0, 0.1) is 13.8 Å². The van der Waals surface area contributed by atoms with Gasteiger partial charge >= 0.3 is 0 Å². The number of para-hydroxylation sites is 1. The number of benzene rings is 2. The summed E-state index contributed by atoms with van der Waals surface area (Å²) in [4.78, 5) is 12.5. The summed E-state index contributed by atoms with van der Waals surface area (Å²) in [6.45, 7) is 3.76. The number of hydrogen-bond acceptors (Lipinski definition) is 5. The average Bonchev–Trinajstić information content (AvgIpc) is 3.13. The normalized spacial score (nSPS) is 14.4. The molecule has 0 spiro atoms. The van der Waals surface area contributed by atoms with Gasteiger partial charge in [-0.3, -0.25) is 4.79 Å². The molecular formula is C21H21N3O4S. The van der Waals surface area contributed by atoms with Gasteiger partial charge in [0.05, 0.1) is 22.9 Å². The molecule has 2 aromatic carbocycles. The third-order valence-electron chi connectivity index (χ3n) is 4.74. The van der Waals surface area contributed by atoms with Gasteiger partial charge in [0.2, 0.25) is 0 Å². The first-order valence-corrected chi connectivity index (χ1v) is 11.0. The molecule has 0 radical (unpaired) electrons. The van der Waals surface area contributed by atoms with Gasteiger partial charge in [-0.1, -0.05) is 35.9 Å². The molecule has 0 unspecified atom stereocenters. The second kappa shape index (κ2) is 7.36. The minimum Gasteiger partial charge on any atom is -0.484 e. The number of carbonyl (C=O) groups is 1. The predicted octanol–water partition coefficient (Wildman–Crippen LogP) is 2.94. The fourth-order valence-corrected chi connectivity index (χ4v) is 4.92. The quantitative estimate of drug-likeness (QED) is 0.697. The Morgan fingerprint density at radius 1 is 1.14 bits per heavy atom. The Labute approximate surface area is 169 Å². The average molecular weight is 411 g/mol. The van der Waals surface area contributed by atoms with E-state index in [1.807, 2.05) is 50.2 Å². The molecular weight excluding hydrogens is 390 g/mol. The molecule has 4 rings (SSSR count). The van der Waals surface area contributed by atoms with Crippen LogP contribution in [-0.4, -0.2) is 30.7 Å². The number of amides is 1. The Balaban J connectivity index is 1.65. The molecule has 8 heteroatoms. The number of nitrogens with zero attached hydrogens (tertiary/aromatic N) is 2. The minimum absolute atomic E-state index is 0.121. The van der Waals surface area contributed by atoms with Crippen molar-refractivity contribution >= 4 is 21.6 Å². The predicted molar refractivity (Wildman–Crippen MR) is 110 cm³/mol. The molecule has 0 aliphatic carbocycles. The number of rotatable bonds is 5.